The van der Waals surface area contributed by atoms with Gasteiger partial charge in [0.05, 0.1) is 30.4 Å². The Hall–Kier alpha value is -4.36. The highest BCUT2D eigenvalue weighted by Gasteiger charge is 2.37. The lowest BCUT2D eigenvalue weighted by Crippen LogP contribution is -2.38. The number of thiocarbonyl (C=S) groups is 1. The Labute approximate surface area is 273 Å². The Balaban J connectivity index is 1.36. The van der Waals surface area contributed by atoms with Gasteiger partial charge in [-0.25, -0.2) is 4.99 Å². The second-order valence-electron chi connectivity index (χ2n) is 10.5. The summed E-state index contributed by atoms with van der Waals surface area (Å²) >= 11 is 13.8. The van der Waals surface area contributed by atoms with Gasteiger partial charge in [0.2, 0.25) is 6.23 Å². The smallest absolute Gasteiger partial charge is 0.296 e. The fourth-order valence-electron chi connectivity index (χ4n) is 5.52. The number of benzene rings is 3. The summed E-state index contributed by atoms with van der Waals surface area (Å²) in [6, 6.07) is 21.7. The van der Waals surface area contributed by atoms with Crippen molar-refractivity contribution in [2.75, 3.05) is 30.4 Å². The van der Waals surface area contributed by atoms with Gasteiger partial charge in [-0.05, 0) is 54.4 Å². The number of nitro groups is 1. The highest BCUT2D eigenvalue weighted by molar-refractivity contribution is 7.80. The number of anilines is 2. The summed E-state index contributed by atoms with van der Waals surface area (Å²) in [5, 5.41) is 27.3. The van der Waals surface area contributed by atoms with Gasteiger partial charge >= 0.3 is 0 Å². The Morgan fingerprint density at radius 2 is 1.96 bits per heavy atom. The minimum Gasteiger partial charge on any atom is -0.496 e. The van der Waals surface area contributed by atoms with Gasteiger partial charge in [0, 0.05) is 34.1 Å². The Morgan fingerprint density at radius 1 is 1.20 bits per heavy atom. The van der Waals surface area contributed by atoms with E-state index < -0.39 is 17.1 Å². The van der Waals surface area contributed by atoms with E-state index in [2.05, 4.69) is 10.3 Å². The summed E-state index contributed by atoms with van der Waals surface area (Å²) in [7, 11) is 1.45. The topological polar surface area (TPSA) is 121 Å². The number of aliphatic imine (C=N–C) groups is 1. The summed E-state index contributed by atoms with van der Waals surface area (Å²) < 4.78 is 5.15. The number of halogens is 1. The predicted octanol–water partition coefficient (Wildman–Crippen LogP) is 5.82. The summed E-state index contributed by atoms with van der Waals surface area (Å²) in [6.07, 6.45) is -0.434. The van der Waals surface area contributed by atoms with Crippen LogP contribution in [-0.2, 0) is 24.2 Å². The molecule has 10 nitrogen and oxygen atoms in total. The second-order valence-corrected chi connectivity index (χ2v) is 12.4. The number of amides is 1. The SMILES string of the molecule is COc1ccc(NC(=S)N2CCc3c(sc4c3C(c3ccccc3Cl)=NC(O)C(=O)N4CCc3ccccc3)C2)c([N+](=O)[O-])c1. The Morgan fingerprint density at radius 3 is 2.69 bits per heavy atom. The van der Waals surface area contributed by atoms with Crippen LogP contribution in [0.3, 0.4) is 0 Å². The quantitative estimate of drug-likeness (QED) is 0.145. The molecule has 0 saturated heterocycles. The van der Waals surface area contributed by atoms with Crippen LogP contribution in [0.15, 0.2) is 77.8 Å². The molecule has 3 aromatic carbocycles. The van der Waals surface area contributed by atoms with E-state index >= 15 is 0 Å². The van der Waals surface area contributed by atoms with Gasteiger partial charge in [-0.15, -0.1) is 11.3 Å². The minimum absolute atomic E-state index is 0.149. The van der Waals surface area contributed by atoms with Crippen molar-refractivity contribution >= 4 is 68.3 Å². The van der Waals surface area contributed by atoms with E-state index in [0.29, 0.717) is 64.6 Å². The van der Waals surface area contributed by atoms with Gasteiger partial charge < -0.3 is 20.1 Å². The second kappa shape index (κ2) is 12.9. The van der Waals surface area contributed by atoms with E-state index in [9.17, 15) is 20.0 Å². The van der Waals surface area contributed by atoms with Crippen molar-refractivity contribution in [1.82, 2.24) is 4.90 Å². The number of hydrogen-bond acceptors (Lipinski definition) is 8. The van der Waals surface area contributed by atoms with Crippen molar-refractivity contribution in [3.8, 4) is 5.75 Å². The third-order valence-electron chi connectivity index (χ3n) is 7.78. The van der Waals surface area contributed by atoms with Crippen LogP contribution in [-0.4, -0.2) is 58.1 Å². The van der Waals surface area contributed by atoms with Crippen molar-refractivity contribution in [2.24, 2.45) is 4.99 Å². The molecule has 230 valence electrons. The molecule has 1 aromatic heterocycles. The van der Waals surface area contributed by atoms with Gasteiger partial charge in [-0.1, -0.05) is 60.1 Å². The van der Waals surface area contributed by atoms with E-state index in [-0.39, 0.29) is 11.4 Å². The number of nitro benzene ring substituents is 1. The molecule has 2 N–H and O–H groups in total. The monoisotopic (exact) mass is 661 g/mol. The molecular formula is C32H28ClN5O5S2. The van der Waals surface area contributed by atoms with Gasteiger partial charge in [0.25, 0.3) is 11.6 Å². The van der Waals surface area contributed by atoms with Crippen molar-refractivity contribution in [3.05, 3.63) is 115 Å². The summed E-state index contributed by atoms with van der Waals surface area (Å²) in [4.78, 5) is 34.0. The van der Waals surface area contributed by atoms with Crippen molar-refractivity contribution in [1.29, 1.82) is 0 Å². The van der Waals surface area contributed by atoms with Crippen LogP contribution >= 0.6 is 35.2 Å². The van der Waals surface area contributed by atoms with Gasteiger partial charge in [-0.2, -0.15) is 0 Å². The Bertz CT molecular complexity index is 1830. The molecule has 3 heterocycles. The number of hydrogen-bond donors (Lipinski definition) is 2. The molecule has 6 rings (SSSR count). The maximum absolute atomic E-state index is 13.6. The summed E-state index contributed by atoms with van der Waals surface area (Å²) in [6.45, 7) is 1.28. The lowest BCUT2D eigenvalue weighted by atomic mass is 9.95. The predicted molar refractivity (Wildman–Crippen MR) is 180 cm³/mol. The first-order valence-corrected chi connectivity index (χ1v) is 15.7. The van der Waals surface area contributed by atoms with E-state index in [4.69, 9.17) is 28.6 Å². The largest absolute Gasteiger partial charge is 0.496 e. The van der Waals surface area contributed by atoms with Crippen molar-refractivity contribution in [2.45, 2.75) is 25.6 Å². The van der Waals surface area contributed by atoms with Crippen LogP contribution in [0, 0.1) is 10.1 Å². The molecule has 2 aliphatic rings. The van der Waals surface area contributed by atoms with Gasteiger partial charge in [0.15, 0.2) is 5.11 Å². The number of rotatable bonds is 7. The minimum atomic E-state index is -1.58. The molecule has 2 aliphatic heterocycles. The molecule has 45 heavy (non-hydrogen) atoms. The Kier molecular flexibility index (Phi) is 8.81. The van der Waals surface area contributed by atoms with E-state index in [0.717, 1.165) is 21.6 Å². The van der Waals surface area contributed by atoms with Gasteiger partial charge in [0.1, 0.15) is 16.4 Å². The first-order valence-electron chi connectivity index (χ1n) is 14.1. The highest BCUT2D eigenvalue weighted by Crippen LogP contribution is 2.43. The number of fused-ring (bicyclic) bond motifs is 3. The number of nitrogens with one attached hydrogen (secondary N) is 1. The van der Waals surface area contributed by atoms with E-state index in [1.54, 1.807) is 23.1 Å². The number of carbonyl (C=O) groups excluding carboxylic acids is 1. The third-order valence-corrected chi connectivity index (χ3v) is 9.71. The maximum atomic E-state index is 13.6. The molecule has 0 radical (unpaired) electrons. The zero-order valence-corrected chi connectivity index (χ0v) is 26.5. The molecule has 0 bridgehead atoms. The molecule has 1 amide bonds. The molecule has 4 aromatic rings. The molecule has 0 saturated carbocycles. The van der Waals surface area contributed by atoms with Crippen LogP contribution < -0.4 is 15.0 Å². The number of methoxy groups -OCH3 is 1. The molecule has 0 spiro atoms. The zero-order valence-electron chi connectivity index (χ0n) is 24.1. The number of aliphatic hydroxyl groups is 1. The van der Waals surface area contributed by atoms with E-state index in [1.165, 1.54) is 24.5 Å². The summed E-state index contributed by atoms with van der Waals surface area (Å²) in [5.74, 6) is -0.137. The standard InChI is InChI=1S/C32H28ClN5O5S2/c1-43-20-11-12-24(25(17-20)38(41)42)34-32(44)36-15-14-22-26(18-36)45-31-27(22)28(21-9-5-6-10-23(21)33)35-29(39)30(40)37(31)16-13-19-7-3-2-4-8-19/h2-12,17,29,39H,13-16,18H2,1H3,(H,34,44). The molecular weight excluding hydrogens is 634 g/mol. The average Bonchev–Trinajstić information content (AvgIpc) is 3.38. The number of aliphatic hydroxyl groups excluding tert-OH is 1. The third kappa shape index (κ3) is 6.14. The fraction of sp³-hybridized carbons (Fsp3) is 0.219. The van der Waals surface area contributed by atoms with Crippen LogP contribution in [0.25, 0.3) is 0 Å². The maximum Gasteiger partial charge on any atom is 0.296 e. The van der Waals surface area contributed by atoms with Gasteiger partial charge in [-0.3, -0.25) is 19.8 Å². The van der Waals surface area contributed by atoms with Crippen LogP contribution in [0.1, 0.15) is 27.1 Å². The number of nitrogens with zero attached hydrogens (tertiary/aromatic N) is 4. The molecule has 1 unspecified atom stereocenters. The zero-order chi connectivity index (χ0) is 31.7. The summed E-state index contributed by atoms with van der Waals surface area (Å²) in [5.41, 5.74) is 4.07. The van der Waals surface area contributed by atoms with Crippen LogP contribution in [0.5, 0.6) is 5.75 Å². The lowest BCUT2D eigenvalue weighted by molar-refractivity contribution is -0.384. The molecule has 0 fully saturated rings. The number of ether oxygens (including phenoxy) is 1. The average molecular weight is 662 g/mol. The number of carbonyl (C=O) groups is 1. The lowest BCUT2D eigenvalue weighted by Gasteiger charge is -2.30. The van der Waals surface area contributed by atoms with Crippen molar-refractivity contribution in [3.63, 3.8) is 0 Å². The van der Waals surface area contributed by atoms with Crippen LogP contribution in [0.4, 0.5) is 16.4 Å². The fourth-order valence-corrected chi connectivity index (χ4v) is 7.41. The molecule has 0 aliphatic carbocycles. The molecule has 1 atom stereocenters. The first kappa shape index (κ1) is 30.7. The highest BCUT2D eigenvalue weighted by atomic mass is 35.5. The van der Waals surface area contributed by atoms with E-state index in [1.807, 2.05) is 53.4 Å². The van der Waals surface area contributed by atoms with Crippen molar-refractivity contribution < 1.29 is 19.6 Å². The normalized spacial score (nSPS) is 15.9. The number of thiophene rings is 1. The van der Waals surface area contributed by atoms with Crippen LogP contribution in [0.2, 0.25) is 5.02 Å². The molecule has 13 heteroatoms. The first-order chi connectivity index (χ1) is 21.7.